The molecule has 9 heteroatoms. The Kier molecular flexibility index (Phi) is 12.6. The summed E-state index contributed by atoms with van der Waals surface area (Å²) in [6.07, 6.45) is 1.87. The first-order chi connectivity index (χ1) is 32.5. The van der Waals surface area contributed by atoms with Crippen molar-refractivity contribution in [3.05, 3.63) is 198 Å². The minimum absolute atomic E-state index is 0. The molecule has 352 valence electrons. The SMILES string of the molecule is Cc1cccc(C)c1-c1cc(Oc2[c-]c3c(cc2)c2ccccc2n3-c2cc(C(C)(C)C)ccn2)[c-]c(N2[CH-]N(c3c(C(C)C)cc(-c4c(F)cc(F)cc4F)cc3C(C)C)c3ccccc32)c1.[Pt]. The average molecular weight is 1100 g/mol. The number of fused-ring (bicyclic) bond motifs is 4. The fraction of sp³-hybridized carbons (Fsp3) is 0.200. The molecule has 0 amide bonds. The zero-order valence-electron chi connectivity index (χ0n) is 40.1. The number of hydrogen-bond acceptors (Lipinski definition) is 4. The average Bonchev–Trinajstić information content (AvgIpc) is 3.84. The monoisotopic (exact) mass is 1100 g/mol. The van der Waals surface area contributed by atoms with E-state index >= 15 is 8.78 Å². The molecule has 5 nitrogen and oxygen atoms in total. The van der Waals surface area contributed by atoms with Gasteiger partial charge in [0.05, 0.1) is 5.56 Å². The van der Waals surface area contributed by atoms with E-state index in [1.54, 1.807) is 0 Å². The van der Waals surface area contributed by atoms with Gasteiger partial charge in [0.15, 0.2) is 0 Å². The molecule has 9 aromatic rings. The van der Waals surface area contributed by atoms with Gasteiger partial charge in [-0.05, 0) is 118 Å². The predicted octanol–water partition coefficient (Wildman–Crippen LogP) is 16.9. The zero-order chi connectivity index (χ0) is 47.8. The van der Waals surface area contributed by atoms with Crippen LogP contribution in [-0.4, -0.2) is 9.55 Å². The van der Waals surface area contributed by atoms with Gasteiger partial charge in [0.2, 0.25) is 0 Å². The van der Waals surface area contributed by atoms with Gasteiger partial charge >= 0.3 is 0 Å². The third kappa shape index (κ3) is 8.62. The van der Waals surface area contributed by atoms with Crippen LogP contribution in [0.1, 0.15) is 88.1 Å². The van der Waals surface area contributed by atoms with Gasteiger partial charge in [-0.25, -0.2) is 18.2 Å². The molecular formula is C60H52F3N4OPt-3. The number of hydrogen-bond donors (Lipinski definition) is 0. The number of aryl methyl sites for hydroxylation is 2. The molecule has 3 heterocycles. The van der Waals surface area contributed by atoms with Gasteiger partial charge in [-0.1, -0.05) is 103 Å². The number of anilines is 4. The van der Waals surface area contributed by atoms with Crippen molar-refractivity contribution in [2.45, 2.75) is 79.6 Å². The van der Waals surface area contributed by atoms with Gasteiger partial charge < -0.3 is 19.1 Å². The van der Waals surface area contributed by atoms with Crippen LogP contribution >= 0.6 is 0 Å². The third-order valence-corrected chi connectivity index (χ3v) is 13.1. The molecule has 0 aliphatic carbocycles. The first-order valence-corrected chi connectivity index (χ1v) is 23.1. The summed E-state index contributed by atoms with van der Waals surface area (Å²) < 4.78 is 54.0. The number of ether oxygens (including phenoxy) is 1. The molecule has 7 aromatic carbocycles. The van der Waals surface area contributed by atoms with Crippen molar-refractivity contribution in [2.24, 2.45) is 0 Å². The summed E-state index contributed by atoms with van der Waals surface area (Å²) in [5, 5.41) is 2.13. The van der Waals surface area contributed by atoms with Gasteiger partial charge in [0, 0.05) is 73.5 Å². The molecule has 0 saturated heterocycles. The smallest absolute Gasteiger partial charge is 0.136 e. The Morgan fingerprint density at radius 2 is 1.25 bits per heavy atom. The fourth-order valence-electron chi connectivity index (χ4n) is 9.71. The Bertz CT molecular complexity index is 3370. The largest absolute Gasteiger partial charge is 0.509 e. The van der Waals surface area contributed by atoms with Crippen molar-refractivity contribution in [2.75, 3.05) is 9.80 Å². The Labute approximate surface area is 417 Å². The molecule has 0 spiro atoms. The van der Waals surface area contributed by atoms with E-state index in [2.05, 4.69) is 168 Å². The Morgan fingerprint density at radius 3 is 1.90 bits per heavy atom. The maximum Gasteiger partial charge on any atom is 0.136 e. The molecule has 0 N–H and O–H groups in total. The molecule has 10 rings (SSSR count). The predicted molar refractivity (Wildman–Crippen MR) is 271 cm³/mol. The Hall–Kier alpha value is -6.63. The van der Waals surface area contributed by atoms with Crippen molar-refractivity contribution >= 4 is 44.6 Å². The maximum absolute atomic E-state index is 15.4. The van der Waals surface area contributed by atoms with Crippen molar-refractivity contribution in [3.8, 4) is 39.6 Å². The van der Waals surface area contributed by atoms with Crippen LogP contribution in [0.15, 0.2) is 134 Å². The van der Waals surface area contributed by atoms with Crippen molar-refractivity contribution in [1.82, 2.24) is 9.55 Å². The summed E-state index contributed by atoms with van der Waals surface area (Å²) in [6, 6.07) is 47.8. The molecule has 0 fully saturated rings. The number of benzene rings is 7. The van der Waals surface area contributed by atoms with Crippen LogP contribution in [0.3, 0.4) is 0 Å². The molecule has 0 saturated carbocycles. The second kappa shape index (κ2) is 18.4. The van der Waals surface area contributed by atoms with Crippen LogP contribution in [-0.2, 0) is 26.5 Å². The van der Waals surface area contributed by atoms with Crippen LogP contribution in [0.25, 0.3) is 49.9 Å². The number of nitrogens with zero attached hydrogens (tertiary/aromatic N) is 4. The molecule has 0 atom stereocenters. The minimum Gasteiger partial charge on any atom is -0.509 e. The third-order valence-electron chi connectivity index (χ3n) is 13.1. The van der Waals surface area contributed by atoms with Crippen molar-refractivity contribution in [1.29, 1.82) is 0 Å². The molecule has 69 heavy (non-hydrogen) atoms. The van der Waals surface area contributed by atoms with Crippen LogP contribution in [0, 0.1) is 50.1 Å². The first-order valence-electron chi connectivity index (χ1n) is 23.1. The molecule has 0 bridgehead atoms. The van der Waals surface area contributed by atoms with E-state index in [9.17, 15) is 4.39 Å². The number of para-hydroxylation sites is 3. The van der Waals surface area contributed by atoms with Gasteiger partial charge in [-0.3, -0.25) is 0 Å². The molecular weight excluding hydrogens is 1040 g/mol. The second-order valence-corrected chi connectivity index (χ2v) is 19.5. The molecule has 1 aliphatic rings. The quantitative estimate of drug-likeness (QED) is 0.135. The van der Waals surface area contributed by atoms with Crippen LogP contribution < -0.4 is 14.5 Å². The van der Waals surface area contributed by atoms with E-state index in [1.165, 1.54) is 5.56 Å². The summed E-state index contributed by atoms with van der Waals surface area (Å²) in [5.41, 5.74) is 12.7. The molecule has 2 aromatic heterocycles. The standard InChI is InChI=1S/C60H52F3N4O.Pt/c1-35(2)48-27-40(58-50(62)30-42(61)31-51(58)63)28-49(36(3)4)59(48)66-34-65(53-19-12-13-20-54(53)66)43-25-39(57-37(5)15-14-16-38(57)6)26-45(32-43)68-44-21-22-47-46-17-10-11-18-52(46)67(55(47)33-44)56-29-41(23-24-64-56)60(7,8)9;/h10-31,34-36H,1-9H3;/q-3;. The Morgan fingerprint density at radius 1 is 0.623 bits per heavy atom. The number of rotatable bonds is 9. The first kappa shape index (κ1) is 47.4. The number of pyridine rings is 1. The maximum atomic E-state index is 15.4. The number of aromatic nitrogens is 2. The zero-order valence-corrected chi connectivity index (χ0v) is 42.4. The molecule has 0 unspecified atom stereocenters. The summed E-state index contributed by atoms with van der Waals surface area (Å²) in [7, 11) is 0. The van der Waals surface area contributed by atoms with E-state index in [0.29, 0.717) is 17.1 Å². The van der Waals surface area contributed by atoms with E-state index in [1.807, 2.05) is 48.7 Å². The van der Waals surface area contributed by atoms with Crippen molar-refractivity contribution in [3.63, 3.8) is 0 Å². The summed E-state index contributed by atoms with van der Waals surface area (Å²) in [4.78, 5) is 9.17. The topological polar surface area (TPSA) is 33.5 Å². The Balaban J connectivity index is 0.00000593. The summed E-state index contributed by atoms with van der Waals surface area (Å²) in [6.45, 7) is 21.2. The normalized spacial score (nSPS) is 12.7. The minimum atomic E-state index is -0.956. The fourth-order valence-corrected chi connectivity index (χ4v) is 9.71. The van der Waals surface area contributed by atoms with E-state index in [4.69, 9.17) is 9.72 Å². The van der Waals surface area contributed by atoms with Gasteiger partial charge in [-0.2, -0.15) is 6.07 Å². The van der Waals surface area contributed by atoms with E-state index in [-0.39, 0.29) is 43.9 Å². The van der Waals surface area contributed by atoms with E-state index < -0.39 is 17.5 Å². The van der Waals surface area contributed by atoms with Gasteiger partial charge in [0.1, 0.15) is 23.3 Å². The second-order valence-electron chi connectivity index (χ2n) is 19.5. The van der Waals surface area contributed by atoms with Gasteiger partial charge in [0.25, 0.3) is 0 Å². The van der Waals surface area contributed by atoms with E-state index in [0.717, 1.165) is 95.9 Å². The summed E-state index contributed by atoms with van der Waals surface area (Å²) >= 11 is 0. The molecule has 1 aliphatic heterocycles. The molecule has 0 radical (unpaired) electrons. The van der Waals surface area contributed by atoms with Gasteiger partial charge in [-0.15, -0.1) is 53.6 Å². The summed E-state index contributed by atoms with van der Waals surface area (Å²) in [5.74, 6) is -1.09. The van der Waals surface area contributed by atoms with Crippen LogP contribution in [0.2, 0.25) is 0 Å². The van der Waals surface area contributed by atoms with Crippen LogP contribution in [0.4, 0.5) is 35.9 Å². The number of halogens is 3. The van der Waals surface area contributed by atoms with Crippen LogP contribution in [0.5, 0.6) is 11.5 Å². The van der Waals surface area contributed by atoms with Crippen molar-refractivity contribution < 1.29 is 39.0 Å².